The van der Waals surface area contributed by atoms with Crippen molar-refractivity contribution in [1.82, 2.24) is 4.98 Å². The van der Waals surface area contributed by atoms with Crippen molar-refractivity contribution in [2.45, 2.75) is 19.4 Å². The molecule has 192 valence electrons. The highest BCUT2D eigenvalue weighted by Crippen LogP contribution is 2.42. The topological polar surface area (TPSA) is 119 Å². The summed E-state index contributed by atoms with van der Waals surface area (Å²) < 4.78 is 16.2. The van der Waals surface area contributed by atoms with E-state index in [1.54, 1.807) is 80.0 Å². The van der Waals surface area contributed by atoms with Gasteiger partial charge in [-0.2, -0.15) is 0 Å². The van der Waals surface area contributed by atoms with E-state index in [2.05, 4.69) is 4.98 Å². The predicted molar refractivity (Wildman–Crippen MR) is 138 cm³/mol. The lowest BCUT2D eigenvalue weighted by Gasteiger charge is -2.26. The molecule has 3 heterocycles. The fourth-order valence-corrected chi connectivity index (χ4v) is 4.56. The van der Waals surface area contributed by atoms with Crippen LogP contribution in [0.1, 0.15) is 34.6 Å². The van der Waals surface area contributed by atoms with Crippen LogP contribution in [0.25, 0.3) is 11.0 Å². The standard InChI is InChI=1S/C29H24N2O7/c1-3-37-23(32)15-17-7-9-20(10-8-17)31-25(18-11-13-30-14-12-18)24(27(34)29(31)35)26(33)22-16-19-5-4-6-21(36-2)28(19)38-22/h4-14,16,25,34H,3,15H2,1-2H3. The van der Waals surface area contributed by atoms with E-state index in [0.717, 1.165) is 0 Å². The van der Waals surface area contributed by atoms with E-state index < -0.39 is 23.5 Å². The van der Waals surface area contributed by atoms with E-state index in [-0.39, 0.29) is 30.3 Å². The molecule has 1 aliphatic heterocycles. The number of hydrogen-bond donors (Lipinski definition) is 1. The molecule has 4 aromatic rings. The molecule has 1 amide bonds. The average Bonchev–Trinajstić information content (AvgIpc) is 3.48. The van der Waals surface area contributed by atoms with Crippen LogP contribution in [0.5, 0.6) is 5.75 Å². The molecule has 1 aliphatic rings. The van der Waals surface area contributed by atoms with Crippen LogP contribution in [0.2, 0.25) is 0 Å². The number of pyridine rings is 1. The Kier molecular flexibility index (Phi) is 6.66. The van der Waals surface area contributed by atoms with Crippen LogP contribution < -0.4 is 9.64 Å². The van der Waals surface area contributed by atoms with Gasteiger partial charge >= 0.3 is 5.97 Å². The smallest absolute Gasteiger partial charge is 0.310 e. The molecule has 38 heavy (non-hydrogen) atoms. The molecule has 5 rings (SSSR count). The van der Waals surface area contributed by atoms with Gasteiger partial charge in [-0.25, -0.2) is 0 Å². The van der Waals surface area contributed by atoms with Crippen molar-refractivity contribution < 1.29 is 33.4 Å². The molecule has 0 spiro atoms. The Morgan fingerprint density at radius 3 is 2.50 bits per heavy atom. The number of carbonyl (C=O) groups is 3. The van der Waals surface area contributed by atoms with Gasteiger partial charge in [0.05, 0.1) is 31.8 Å². The Labute approximate surface area is 217 Å². The van der Waals surface area contributed by atoms with Gasteiger partial charge in [-0.15, -0.1) is 0 Å². The third-order valence-corrected chi connectivity index (χ3v) is 6.29. The molecule has 0 saturated heterocycles. The number of ether oxygens (including phenoxy) is 2. The summed E-state index contributed by atoms with van der Waals surface area (Å²) >= 11 is 0. The Morgan fingerprint density at radius 2 is 1.82 bits per heavy atom. The van der Waals surface area contributed by atoms with Gasteiger partial charge < -0.3 is 19.0 Å². The van der Waals surface area contributed by atoms with Gasteiger partial charge in [0.25, 0.3) is 5.91 Å². The number of Topliss-reactive ketones (excluding diaryl/α,β-unsaturated/α-hetero) is 1. The first-order valence-corrected chi connectivity index (χ1v) is 11.9. The van der Waals surface area contributed by atoms with Gasteiger partial charge in [-0.3, -0.25) is 24.3 Å². The molecule has 1 N–H and O–H groups in total. The molecule has 2 aromatic carbocycles. The summed E-state index contributed by atoms with van der Waals surface area (Å²) in [5, 5.41) is 11.6. The summed E-state index contributed by atoms with van der Waals surface area (Å²) in [7, 11) is 1.50. The number of aliphatic hydroxyl groups excluding tert-OH is 1. The largest absolute Gasteiger partial charge is 0.503 e. The van der Waals surface area contributed by atoms with Gasteiger partial charge in [-0.1, -0.05) is 24.3 Å². The highest BCUT2D eigenvalue weighted by molar-refractivity contribution is 6.20. The Hall–Kier alpha value is -4.92. The highest BCUT2D eigenvalue weighted by Gasteiger charge is 2.45. The maximum absolute atomic E-state index is 13.8. The Bertz CT molecular complexity index is 1560. The molecule has 0 bridgehead atoms. The van der Waals surface area contributed by atoms with Gasteiger partial charge in [0.15, 0.2) is 22.9 Å². The molecular weight excluding hydrogens is 488 g/mol. The maximum Gasteiger partial charge on any atom is 0.310 e. The van der Waals surface area contributed by atoms with Crippen molar-refractivity contribution in [3.63, 3.8) is 0 Å². The summed E-state index contributed by atoms with van der Waals surface area (Å²) in [6.07, 6.45) is 3.17. The number of fused-ring (bicyclic) bond motifs is 1. The minimum atomic E-state index is -0.941. The number of furan rings is 1. The second-order valence-electron chi connectivity index (χ2n) is 8.59. The number of aromatic nitrogens is 1. The van der Waals surface area contributed by atoms with Crippen LogP contribution >= 0.6 is 0 Å². The highest BCUT2D eigenvalue weighted by atomic mass is 16.5. The van der Waals surface area contributed by atoms with Gasteiger partial charge in [0, 0.05) is 23.5 Å². The zero-order valence-electron chi connectivity index (χ0n) is 20.7. The first kappa shape index (κ1) is 24.8. The second-order valence-corrected chi connectivity index (χ2v) is 8.59. The average molecular weight is 513 g/mol. The van der Waals surface area contributed by atoms with Crippen molar-refractivity contribution in [2.75, 3.05) is 18.6 Å². The lowest BCUT2D eigenvalue weighted by molar-refractivity contribution is -0.142. The van der Waals surface area contributed by atoms with Crippen LogP contribution in [0, 0.1) is 0 Å². The second kappa shape index (κ2) is 10.2. The van der Waals surface area contributed by atoms with Crippen molar-refractivity contribution in [3.8, 4) is 5.75 Å². The van der Waals surface area contributed by atoms with Crippen LogP contribution in [-0.2, 0) is 20.7 Å². The summed E-state index contributed by atoms with van der Waals surface area (Å²) in [6.45, 7) is 2.02. The fourth-order valence-electron chi connectivity index (χ4n) is 4.56. The molecule has 9 nitrogen and oxygen atoms in total. The minimum absolute atomic E-state index is 0.0375. The van der Waals surface area contributed by atoms with E-state index >= 15 is 0 Å². The molecule has 1 atom stereocenters. The van der Waals surface area contributed by atoms with Crippen molar-refractivity contribution >= 4 is 34.3 Å². The predicted octanol–water partition coefficient (Wildman–Crippen LogP) is 4.72. The quantitative estimate of drug-likeness (QED) is 0.266. The number of carbonyl (C=O) groups excluding carboxylic acids is 3. The lowest BCUT2D eigenvalue weighted by Crippen LogP contribution is -2.31. The van der Waals surface area contributed by atoms with Crippen molar-refractivity contribution in [3.05, 3.63) is 101 Å². The van der Waals surface area contributed by atoms with E-state index in [0.29, 0.717) is 33.5 Å². The van der Waals surface area contributed by atoms with Crippen LogP contribution in [0.15, 0.2) is 88.8 Å². The fraction of sp³-hybridized carbons (Fsp3) is 0.172. The summed E-state index contributed by atoms with van der Waals surface area (Å²) in [6, 6.07) is 15.9. The zero-order chi connectivity index (χ0) is 26.8. The molecule has 2 aromatic heterocycles. The summed E-state index contributed by atoms with van der Waals surface area (Å²) in [5.74, 6) is -1.97. The van der Waals surface area contributed by atoms with Gasteiger partial charge in [0.1, 0.15) is 0 Å². The van der Waals surface area contributed by atoms with Crippen molar-refractivity contribution in [2.24, 2.45) is 0 Å². The first-order chi connectivity index (χ1) is 18.4. The Morgan fingerprint density at radius 1 is 1.08 bits per heavy atom. The Balaban J connectivity index is 1.55. The van der Waals surface area contributed by atoms with E-state index in [9.17, 15) is 19.5 Å². The number of rotatable bonds is 8. The summed E-state index contributed by atoms with van der Waals surface area (Å²) in [4.78, 5) is 44.4. The van der Waals surface area contributed by atoms with Gasteiger partial charge in [0.2, 0.25) is 5.78 Å². The molecule has 0 fully saturated rings. The molecule has 9 heteroatoms. The molecule has 0 radical (unpaired) electrons. The number of nitrogens with zero attached hydrogens (tertiary/aromatic N) is 2. The number of ketones is 1. The number of esters is 1. The van der Waals surface area contributed by atoms with E-state index in [1.165, 1.54) is 12.0 Å². The van der Waals surface area contributed by atoms with Gasteiger partial charge in [-0.05, 0) is 54.4 Å². The van der Waals surface area contributed by atoms with E-state index in [1.807, 2.05) is 0 Å². The van der Waals surface area contributed by atoms with Crippen molar-refractivity contribution in [1.29, 1.82) is 0 Å². The number of para-hydroxylation sites is 1. The number of benzene rings is 2. The molecule has 1 unspecified atom stereocenters. The number of anilines is 1. The number of methoxy groups -OCH3 is 1. The SMILES string of the molecule is CCOC(=O)Cc1ccc(N2C(=O)C(O)=C(C(=O)c3cc4cccc(OC)c4o3)C2c2ccncc2)cc1. The third-order valence-electron chi connectivity index (χ3n) is 6.29. The van der Waals surface area contributed by atoms with Crippen LogP contribution in [0.3, 0.4) is 0 Å². The first-order valence-electron chi connectivity index (χ1n) is 11.9. The normalized spacial score (nSPS) is 15.3. The minimum Gasteiger partial charge on any atom is -0.503 e. The summed E-state index contributed by atoms with van der Waals surface area (Å²) in [5.41, 5.74) is 1.98. The number of hydrogen-bond acceptors (Lipinski definition) is 8. The molecule has 0 saturated carbocycles. The lowest BCUT2D eigenvalue weighted by atomic mass is 9.95. The molecule has 0 aliphatic carbocycles. The zero-order valence-corrected chi connectivity index (χ0v) is 20.7. The van der Waals surface area contributed by atoms with Crippen LogP contribution in [-0.4, -0.2) is 41.5 Å². The number of aliphatic hydroxyl groups is 1. The monoisotopic (exact) mass is 512 g/mol. The third kappa shape index (κ3) is 4.39. The number of amides is 1. The van der Waals surface area contributed by atoms with Crippen LogP contribution in [0.4, 0.5) is 5.69 Å². The van der Waals surface area contributed by atoms with E-state index in [4.69, 9.17) is 13.9 Å². The molecular formula is C29H24N2O7. The maximum atomic E-state index is 13.8.